The largest absolute Gasteiger partial charge is 0.489 e. The summed E-state index contributed by atoms with van der Waals surface area (Å²) < 4.78 is 7.52. The van der Waals surface area contributed by atoms with E-state index in [0.717, 1.165) is 30.9 Å². The number of benzene rings is 1. The summed E-state index contributed by atoms with van der Waals surface area (Å²) in [6, 6.07) is 9.97. The number of hydrogen-bond acceptors (Lipinski definition) is 3. The van der Waals surface area contributed by atoms with E-state index < -0.39 is 0 Å². The topological polar surface area (TPSA) is 39.1 Å². The lowest BCUT2D eigenvalue weighted by Gasteiger charge is -2.11. The number of rotatable bonds is 8. The number of aromatic nitrogens is 2. The molecule has 2 aromatic rings. The van der Waals surface area contributed by atoms with Crippen molar-refractivity contribution in [3.63, 3.8) is 0 Å². The van der Waals surface area contributed by atoms with Crippen LogP contribution < -0.4 is 10.1 Å². The van der Waals surface area contributed by atoms with Crippen LogP contribution in [-0.4, -0.2) is 22.9 Å². The monoisotopic (exact) mass is 257 g/mol. The first-order valence-electron chi connectivity index (χ1n) is 6.40. The normalized spacial score (nSPS) is 10.3. The van der Waals surface area contributed by atoms with Gasteiger partial charge in [0, 0.05) is 31.0 Å². The molecule has 0 aliphatic carbocycles. The summed E-state index contributed by atoms with van der Waals surface area (Å²) in [5.74, 6) is 0.911. The number of hydrogen-bond donors (Lipinski definition) is 1. The van der Waals surface area contributed by atoms with E-state index in [-0.39, 0.29) is 0 Å². The molecule has 0 saturated carbocycles. The van der Waals surface area contributed by atoms with Crippen LogP contribution in [0.4, 0.5) is 0 Å². The zero-order valence-corrected chi connectivity index (χ0v) is 11.0. The molecule has 0 fully saturated rings. The Morgan fingerprint density at radius 3 is 3.00 bits per heavy atom. The van der Waals surface area contributed by atoms with E-state index in [1.165, 1.54) is 0 Å². The lowest BCUT2D eigenvalue weighted by molar-refractivity contribution is 0.357. The molecular weight excluding hydrogens is 238 g/mol. The zero-order chi connectivity index (χ0) is 13.3. The van der Waals surface area contributed by atoms with Crippen LogP contribution in [0.5, 0.6) is 5.75 Å². The van der Waals surface area contributed by atoms with Gasteiger partial charge in [-0.25, -0.2) is 0 Å². The van der Waals surface area contributed by atoms with Crippen molar-refractivity contribution in [2.75, 3.05) is 13.2 Å². The lowest BCUT2D eigenvalue weighted by atomic mass is 10.2. The molecule has 1 aromatic heterocycles. The van der Waals surface area contributed by atoms with E-state index in [1.807, 2.05) is 35.1 Å². The average Bonchev–Trinajstić information content (AvgIpc) is 2.95. The van der Waals surface area contributed by atoms with Gasteiger partial charge in [-0.3, -0.25) is 4.68 Å². The highest BCUT2D eigenvalue weighted by Gasteiger charge is 2.01. The smallest absolute Gasteiger partial charge is 0.124 e. The molecule has 0 unspecified atom stereocenters. The molecule has 0 spiro atoms. The van der Waals surface area contributed by atoms with Crippen molar-refractivity contribution in [1.29, 1.82) is 0 Å². The fourth-order valence-corrected chi connectivity index (χ4v) is 1.79. The minimum atomic E-state index is 0.532. The van der Waals surface area contributed by atoms with Crippen molar-refractivity contribution in [2.45, 2.75) is 13.1 Å². The third-order valence-electron chi connectivity index (χ3n) is 2.72. The number of para-hydroxylation sites is 1. The fraction of sp³-hybridized carbons (Fsp3) is 0.267. The first-order valence-corrected chi connectivity index (χ1v) is 6.40. The van der Waals surface area contributed by atoms with Crippen molar-refractivity contribution in [3.05, 3.63) is 60.9 Å². The number of ether oxygens (including phenoxy) is 1. The summed E-state index contributed by atoms with van der Waals surface area (Å²) in [6.45, 7) is 6.71. The third-order valence-corrected chi connectivity index (χ3v) is 2.72. The summed E-state index contributed by atoms with van der Waals surface area (Å²) in [5, 5.41) is 7.55. The van der Waals surface area contributed by atoms with Crippen LogP contribution in [0.1, 0.15) is 5.56 Å². The minimum absolute atomic E-state index is 0.532. The Balaban J connectivity index is 1.80. The van der Waals surface area contributed by atoms with Gasteiger partial charge in [-0.1, -0.05) is 30.9 Å². The second kappa shape index (κ2) is 7.38. The van der Waals surface area contributed by atoms with Crippen LogP contribution in [0.25, 0.3) is 0 Å². The minimum Gasteiger partial charge on any atom is -0.489 e. The molecule has 1 N–H and O–H groups in total. The van der Waals surface area contributed by atoms with Gasteiger partial charge < -0.3 is 10.1 Å². The second-order valence-corrected chi connectivity index (χ2v) is 4.15. The van der Waals surface area contributed by atoms with Gasteiger partial charge in [0.25, 0.3) is 0 Å². The molecule has 4 heteroatoms. The van der Waals surface area contributed by atoms with Gasteiger partial charge in [0.05, 0.1) is 6.54 Å². The Morgan fingerprint density at radius 2 is 2.21 bits per heavy atom. The molecule has 1 aromatic carbocycles. The van der Waals surface area contributed by atoms with Crippen molar-refractivity contribution in [2.24, 2.45) is 0 Å². The second-order valence-electron chi connectivity index (χ2n) is 4.15. The van der Waals surface area contributed by atoms with E-state index >= 15 is 0 Å². The molecule has 100 valence electrons. The Morgan fingerprint density at radius 1 is 1.32 bits per heavy atom. The molecule has 0 bridgehead atoms. The van der Waals surface area contributed by atoms with Gasteiger partial charge in [0.15, 0.2) is 0 Å². The maximum Gasteiger partial charge on any atom is 0.124 e. The van der Waals surface area contributed by atoms with E-state index in [2.05, 4.69) is 23.1 Å². The van der Waals surface area contributed by atoms with Crippen molar-refractivity contribution >= 4 is 0 Å². The SMILES string of the molecule is C=CCOc1ccccc1CNCCn1cccn1. The van der Waals surface area contributed by atoms with Gasteiger partial charge >= 0.3 is 0 Å². The van der Waals surface area contributed by atoms with Crippen molar-refractivity contribution < 1.29 is 4.74 Å². The molecule has 19 heavy (non-hydrogen) atoms. The van der Waals surface area contributed by atoms with Crippen molar-refractivity contribution in [3.8, 4) is 5.75 Å². The molecule has 0 aliphatic heterocycles. The molecule has 2 rings (SSSR count). The summed E-state index contributed by atoms with van der Waals surface area (Å²) in [5.41, 5.74) is 1.16. The Labute approximate surface area is 113 Å². The Hall–Kier alpha value is -2.07. The molecule has 0 radical (unpaired) electrons. The Kier molecular flexibility index (Phi) is 5.19. The standard InChI is InChI=1S/C15H19N3O/c1-2-12-19-15-7-4-3-6-14(15)13-16-9-11-18-10-5-8-17-18/h2-8,10,16H,1,9,11-13H2. The highest BCUT2D eigenvalue weighted by Crippen LogP contribution is 2.17. The summed E-state index contributed by atoms with van der Waals surface area (Å²) in [6.07, 6.45) is 5.50. The van der Waals surface area contributed by atoms with E-state index in [1.54, 1.807) is 12.3 Å². The molecular formula is C15H19N3O. The predicted molar refractivity (Wildman–Crippen MR) is 76.1 cm³/mol. The van der Waals surface area contributed by atoms with Crippen LogP contribution in [-0.2, 0) is 13.1 Å². The summed E-state index contributed by atoms with van der Waals surface area (Å²) in [4.78, 5) is 0. The van der Waals surface area contributed by atoms with Gasteiger partial charge in [-0.05, 0) is 12.1 Å². The molecule has 1 heterocycles. The number of nitrogens with one attached hydrogen (secondary N) is 1. The average molecular weight is 257 g/mol. The van der Waals surface area contributed by atoms with E-state index in [4.69, 9.17) is 4.74 Å². The van der Waals surface area contributed by atoms with Gasteiger partial charge in [0.2, 0.25) is 0 Å². The predicted octanol–water partition coefficient (Wildman–Crippen LogP) is 2.24. The van der Waals surface area contributed by atoms with Crippen LogP contribution in [0.3, 0.4) is 0 Å². The van der Waals surface area contributed by atoms with E-state index in [9.17, 15) is 0 Å². The van der Waals surface area contributed by atoms with Crippen molar-refractivity contribution in [1.82, 2.24) is 15.1 Å². The van der Waals surface area contributed by atoms with Crippen LogP contribution in [0.15, 0.2) is 55.4 Å². The van der Waals surface area contributed by atoms with Crippen LogP contribution >= 0.6 is 0 Å². The zero-order valence-electron chi connectivity index (χ0n) is 11.0. The molecule has 0 atom stereocenters. The quantitative estimate of drug-likeness (QED) is 0.582. The molecule has 0 saturated heterocycles. The van der Waals surface area contributed by atoms with Crippen LogP contribution in [0, 0.1) is 0 Å². The highest BCUT2D eigenvalue weighted by molar-refractivity contribution is 5.33. The Bertz CT molecular complexity index is 494. The number of nitrogens with zero attached hydrogens (tertiary/aromatic N) is 2. The summed E-state index contributed by atoms with van der Waals surface area (Å²) >= 11 is 0. The van der Waals surface area contributed by atoms with Gasteiger partial charge in [-0.15, -0.1) is 0 Å². The molecule has 0 amide bonds. The van der Waals surface area contributed by atoms with Crippen LogP contribution in [0.2, 0.25) is 0 Å². The first kappa shape index (κ1) is 13.4. The third kappa shape index (κ3) is 4.26. The molecule has 0 aliphatic rings. The van der Waals surface area contributed by atoms with E-state index in [0.29, 0.717) is 6.61 Å². The highest BCUT2D eigenvalue weighted by atomic mass is 16.5. The molecule has 4 nitrogen and oxygen atoms in total. The lowest BCUT2D eigenvalue weighted by Crippen LogP contribution is -2.20. The van der Waals surface area contributed by atoms with Gasteiger partial charge in [-0.2, -0.15) is 5.10 Å². The maximum atomic E-state index is 5.61. The fourth-order valence-electron chi connectivity index (χ4n) is 1.79. The summed E-state index contributed by atoms with van der Waals surface area (Å²) in [7, 11) is 0. The first-order chi connectivity index (χ1) is 9.40. The van der Waals surface area contributed by atoms with Gasteiger partial charge in [0.1, 0.15) is 12.4 Å². The maximum absolute atomic E-state index is 5.61.